The van der Waals surface area contributed by atoms with Gasteiger partial charge in [-0.2, -0.15) is 4.39 Å². The van der Waals surface area contributed by atoms with Gasteiger partial charge in [0.1, 0.15) is 0 Å². The van der Waals surface area contributed by atoms with Crippen LogP contribution in [0.3, 0.4) is 0 Å². The second-order valence-electron chi connectivity index (χ2n) is 2.44. The van der Waals surface area contributed by atoms with Gasteiger partial charge >= 0.3 is 6.43 Å². The fourth-order valence-corrected chi connectivity index (χ4v) is 0.765. The maximum Gasteiger partial charge on any atom is 0.304 e. The molecule has 0 spiro atoms. The summed E-state index contributed by atoms with van der Waals surface area (Å²) in [5.74, 6) is -0.170. The van der Waals surface area contributed by atoms with Crippen LogP contribution in [0.1, 0.15) is 0 Å². The highest BCUT2D eigenvalue weighted by molar-refractivity contribution is 5.40. The smallest absolute Gasteiger partial charge is 0.304 e. The topological polar surface area (TPSA) is 34.1 Å². The first-order chi connectivity index (χ1) is 6.63. The van der Waals surface area contributed by atoms with Gasteiger partial charge in [0.25, 0.3) is 6.36 Å². The van der Waals surface area contributed by atoms with Gasteiger partial charge in [0, 0.05) is 13.1 Å². The molecule has 78 valence electrons. The largest absolute Gasteiger partial charge is 0.437 e. The van der Waals surface area contributed by atoms with E-state index in [0.29, 0.717) is 5.69 Å². The highest BCUT2D eigenvalue weighted by atomic mass is 19.3. The number of alkyl halides is 3. The van der Waals surface area contributed by atoms with Crippen LogP contribution in [0.5, 0.6) is 5.88 Å². The van der Waals surface area contributed by atoms with Gasteiger partial charge in [0.15, 0.2) is 0 Å². The van der Waals surface area contributed by atoms with Gasteiger partial charge in [-0.3, -0.25) is 0 Å². The fraction of sp³-hybridized carbons (Fsp3) is 0.375. The molecule has 0 bridgehead atoms. The highest BCUT2D eigenvalue weighted by Gasteiger charge is 2.21. The SMILES string of the molecule is CNc1ccc(OC(F)C(F)F)nc1. The van der Waals surface area contributed by atoms with E-state index in [9.17, 15) is 13.2 Å². The minimum Gasteiger partial charge on any atom is -0.437 e. The number of halogens is 3. The maximum absolute atomic E-state index is 12.4. The lowest BCUT2D eigenvalue weighted by atomic mass is 10.4. The van der Waals surface area contributed by atoms with Gasteiger partial charge in [0.2, 0.25) is 5.88 Å². The first-order valence-corrected chi connectivity index (χ1v) is 3.86. The van der Waals surface area contributed by atoms with Crippen molar-refractivity contribution in [2.24, 2.45) is 0 Å². The Balaban J connectivity index is 2.59. The first-order valence-electron chi connectivity index (χ1n) is 3.86. The molecule has 0 fully saturated rings. The number of anilines is 1. The second kappa shape index (κ2) is 4.69. The second-order valence-corrected chi connectivity index (χ2v) is 2.44. The summed E-state index contributed by atoms with van der Waals surface area (Å²) in [6, 6.07) is 2.85. The van der Waals surface area contributed by atoms with Crippen LogP contribution in [0, 0.1) is 0 Å². The van der Waals surface area contributed by atoms with Crippen molar-refractivity contribution in [2.45, 2.75) is 12.8 Å². The molecule has 0 saturated heterocycles. The summed E-state index contributed by atoms with van der Waals surface area (Å²) in [4.78, 5) is 3.61. The van der Waals surface area contributed by atoms with E-state index in [0.717, 1.165) is 0 Å². The molecule has 1 atom stereocenters. The molecule has 0 saturated carbocycles. The van der Waals surface area contributed by atoms with Gasteiger partial charge < -0.3 is 10.1 Å². The van der Waals surface area contributed by atoms with Gasteiger partial charge in [-0.05, 0) is 6.07 Å². The zero-order chi connectivity index (χ0) is 10.6. The number of pyridine rings is 1. The monoisotopic (exact) mass is 206 g/mol. The Bertz CT molecular complexity index is 278. The Kier molecular flexibility index (Phi) is 3.55. The van der Waals surface area contributed by atoms with Crippen LogP contribution < -0.4 is 10.1 Å². The van der Waals surface area contributed by atoms with E-state index in [1.54, 1.807) is 13.1 Å². The van der Waals surface area contributed by atoms with E-state index in [4.69, 9.17) is 0 Å². The molecule has 1 aromatic heterocycles. The van der Waals surface area contributed by atoms with Gasteiger partial charge in [-0.15, -0.1) is 0 Å². The highest BCUT2D eigenvalue weighted by Crippen LogP contribution is 2.15. The molecule has 14 heavy (non-hydrogen) atoms. The zero-order valence-electron chi connectivity index (χ0n) is 7.38. The van der Waals surface area contributed by atoms with E-state index in [2.05, 4.69) is 15.0 Å². The lowest BCUT2D eigenvalue weighted by molar-refractivity contribution is -0.0690. The number of ether oxygens (including phenoxy) is 1. The van der Waals surface area contributed by atoms with Gasteiger partial charge in [0.05, 0.1) is 11.9 Å². The summed E-state index contributed by atoms with van der Waals surface area (Å²) in [6.07, 6.45) is -4.45. The third-order valence-corrected chi connectivity index (χ3v) is 1.46. The summed E-state index contributed by atoms with van der Waals surface area (Å²) in [5.41, 5.74) is 0.685. The molecule has 3 nitrogen and oxygen atoms in total. The molecule has 0 aliphatic carbocycles. The van der Waals surface area contributed by atoms with Crippen LogP contribution in [0.4, 0.5) is 18.9 Å². The fourth-order valence-electron chi connectivity index (χ4n) is 0.765. The van der Waals surface area contributed by atoms with E-state index in [-0.39, 0.29) is 5.88 Å². The lowest BCUT2D eigenvalue weighted by Crippen LogP contribution is -2.19. The van der Waals surface area contributed by atoms with Crippen molar-refractivity contribution >= 4 is 5.69 Å². The van der Waals surface area contributed by atoms with Crippen molar-refractivity contribution in [3.05, 3.63) is 18.3 Å². The predicted molar refractivity (Wildman–Crippen MR) is 45.3 cm³/mol. The summed E-state index contributed by atoms with van der Waals surface area (Å²) < 4.78 is 40.0. The van der Waals surface area contributed by atoms with Crippen molar-refractivity contribution in [1.29, 1.82) is 0 Å². The van der Waals surface area contributed by atoms with Crippen molar-refractivity contribution < 1.29 is 17.9 Å². The Morgan fingerprint density at radius 2 is 2.07 bits per heavy atom. The minimum atomic E-state index is -3.17. The molecule has 1 heterocycles. The molecule has 0 amide bonds. The van der Waals surface area contributed by atoms with Crippen LogP contribution in [0.2, 0.25) is 0 Å². The minimum absolute atomic E-state index is 0.170. The van der Waals surface area contributed by atoms with E-state index in [1.165, 1.54) is 12.3 Å². The number of hydrogen-bond acceptors (Lipinski definition) is 3. The summed E-state index contributed by atoms with van der Waals surface area (Å²) in [6.45, 7) is 0. The van der Waals surface area contributed by atoms with Gasteiger partial charge in [-0.25, -0.2) is 13.8 Å². The number of hydrogen-bond donors (Lipinski definition) is 1. The Morgan fingerprint density at radius 1 is 1.36 bits per heavy atom. The average molecular weight is 206 g/mol. The van der Waals surface area contributed by atoms with Crippen LogP contribution in [-0.2, 0) is 0 Å². The standard InChI is InChI=1S/C8H9F3N2O/c1-12-5-2-3-6(13-4-5)14-8(11)7(9)10/h2-4,7-8,12H,1H3. The Labute approximate surface area is 78.9 Å². The molecule has 1 unspecified atom stereocenters. The van der Waals surface area contributed by atoms with Crippen LogP contribution in [0.15, 0.2) is 18.3 Å². The third kappa shape index (κ3) is 2.79. The van der Waals surface area contributed by atoms with Crippen molar-refractivity contribution in [3.8, 4) is 5.88 Å². The summed E-state index contributed by atoms with van der Waals surface area (Å²) in [5, 5.41) is 2.77. The van der Waals surface area contributed by atoms with Crippen LogP contribution in [-0.4, -0.2) is 24.8 Å². The lowest BCUT2D eigenvalue weighted by Gasteiger charge is -2.09. The van der Waals surface area contributed by atoms with E-state index >= 15 is 0 Å². The molecule has 1 N–H and O–H groups in total. The summed E-state index contributed by atoms with van der Waals surface area (Å²) in [7, 11) is 1.68. The third-order valence-electron chi connectivity index (χ3n) is 1.46. The number of rotatable bonds is 4. The molecule has 6 heteroatoms. The Hall–Kier alpha value is -1.46. The van der Waals surface area contributed by atoms with Gasteiger partial charge in [-0.1, -0.05) is 0 Å². The van der Waals surface area contributed by atoms with Crippen molar-refractivity contribution in [1.82, 2.24) is 4.98 Å². The molecule has 0 aromatic carbocycles. The van der Waals surface area contributed by atoms with Crippen molar-refractivity contribution in [3.63, 3.8) is 0 Å². The van der Waals surface area contributed by atoms with Crippen LogP contribution in [0.25, 0.3) is 0 Å². The van der Waals surface area contributed by atoms with E-state index < -0.39 is 12.8 Å². The zero-order valence-corrected chi connectivity index (χ0v) is 7.38. The first kappa shape index (κ1) is 10.6. The quantitative estimate of drug-likeness (QED) is 0.818. The molecule has 0 aliphatic heterocycles. The molecule has 0 radical (unpaired) electrons. The molecule has 0 aliphatic rings. The number of aromatic nitrogens is 1. The summed E-state index contributed by atoms with van der Waals surface area (Å²) >= 11 is 0. The predicted octanol–water partition coefficient (Wildman–Crippen LogP) is 2.06. The molecular formula is C8H9F3N2O. The number of nitrogens with one attached hydrogen (secondary N) is 1. The maximum atomic E-state index is 12.4. The Morgan fingerprint density at radius 3 is 2.50 bits per heavy atom. The van der Waals surface area contributed by atoms with E-state index in [1.807, 2.05) is 0 Å². The van der Waals surface area contributed by atoms with Crippen LogP contribution >= 0.6 is 0 Å². The average Bonchev–Trinajstić information content (AvgIpc) is 2.19. The normalized spacial score (nSPS) is 12.6. The molecule has 1 aromatic rings. The number of nitrogens with zero attached hydrogens (tertiary/aromatic N) is 1. The molecule has 1 rings (SSSR count). The molecular weight excluding hydrogens is 197 g/mol. The van der Waals surface area contributed by atoms with Crippen molar-refractivity contribution in [2.75, 3.05) is 12.4 Å².